The molecule has 1 aliphatic rings. The SMILES string of the molecule is Cc1ccc2c(c1)C(=O)N(CCN(C)C)CC(=O)N2. The van der Waals surface area contributed by atoms with E-state index in [0.29, 0.717) is 17.8 Å². The molecule has 2 rings (SSSR count). The lowest BCUT2D eigenvalue weighted by Crippen LogP contribution is -2.39. The molecule has 5 nitrogen and oxygen atoms in total. The van der Waals surface area contributed by atoms with E-state index in [9.17, 15) is 9.59 Å². The van der Waals surface area contributed by atoms with Gasteiger partial charge in [0.25, 0.3) is 5.91 Å². The van der Waals surface area contributed by atoms with Gasteiger partial charge in [0.05, 0.1) is 11.3 Å². The molecule has 0 radical (unpaired) electrons. The molecule has 0 spiro atoms. The average molecular weight is 261 g/mol. The second-order valence-corrected chi connectivity index (χ2v) is 5.13. The van der Waals surface area contributed by atoms with E-state index in [-0.39, 0.29) is 18.4 Å². The van der Waals surface area contributed by atoms with Crippen LogP contribution in [0.5, 0.6) is 0 Å². The van der Waals surface area contributed by atoms with Crippen LogP contribution in [-0.2, 0) is 4.79 Å². The number of nitrogens with one attached hydrogen (secondary N) is 1. The number of anilines is 1. The van der Waals surface area contributed by atoms with Crippen molar-refractivity contribution in [3.05, 3.63) is 29.3 Å². The van der Waals surface area contributed by atoms with Crippen molar-refractivity contribution in [1.82, 2.24) is 9.80 Å². The van der Waals surface area contributed by atoms with E-state index in [2.05, 4.69) is 5.32 Å². The Balaban J connectivity index is 2.29. The van der Waals surface area contributed by atoms with Gasteiger partial charge in [-0.15, -0.1) is 0 Å². The van der Waals surface area contributed by atoms with Gasteiger partial charge in [-0.25, -0.2) is 0 Å². The van der Waals surface area contributed by atoms with Crippen LogP contribution in [-0.4, -0.2) is 55.3 Å². The number of hydrogen-bond acceptors (Lipinski definition) is 3. The molecule has 1 aliphatic heterocycles. The molecule has 0 unspecified atom stereocenters. The van der Waals surface area contributed by atoms with Gasteiger partial charge in [0.15, 0.2) is 0 Å². The van der Waals surface area contributed by atoms with Crippen molar-refractivity contribution in [2.24, 2.45) is 0 Å². The third kappa shape index (κ3) is 3.12. The maximum atomic E-state index is 12.5. The first-order chi connectivity index (χ1) is 8.97. The van der Waals surface area contributed by atoms with Crippen LogP contribution >= 0.6 is 0 Å². The van der Waals surface area contributed by atoms with Gasteiger partial charge in [-0.1, -0.05) is 11.6 Å². The summed E-state index contributed by atoms with van der Waals surface area (Å²) in [5.41, 5.74) is 2.19. The molecule has 102 valence electrons. The number of aryl methyl sites for hydroxylation is 1. The molecule has 0 fully saturated rings. The van der Waals surface area contributed by atoms with Crippen molar-refractivity contribution >= 4 is 17.5 Å². The zero-order valence-electron chi connectivity index (χ0n) is 11.6. The number of rotatable bonds is 3. The highest BCUT2D eigenvalue weighted by Crippen LogP contribution is 2.21. The van der Waals surface area contributed by atoms with E-state index >= 15 is 0 Å². The molecule has 1 heterocycles. The van der Waals surface area contributed by atoms with Gasteiger partial charge in [-0.2, -0.15) is 0 Å². The minimum absolute atomic E-state index is 0.0844. The maximum Gasteiger partial charge on any atom is 0.256 e. The number of carbonyl (C=O) groups excluding carboxylic acids is 2. The number of nitrogens with zero attached hydrogens (tertiary/aromatic N) is 2. The molecule has 0 aliphatic carbocycles. The molecule has 5 heteroatoms. The number of hydrogen-bond donors (Lipinski definition) is 1. The summed E-state index contributed by atoms with van der Waals surface area (Å²) < 4.78 is 0. The van der Waals surface area contributed by atoms with Crippen LogP contribution in [0.1, 0.15) is 15.9 Å². The van der Waals surface area contributed by atoms with Gasteiger partial charge in [0.1, 0.15) is 6.54 Å². The fourth-order valence-corrected chi connectivity index (χ4v) is 2.05. The minimum Gasteiger partial charge on any atom is -0.328 e. The third-order valence-corrected chi connectivity index (χ3v) is 3.12. The summed E-state index contributed by atoms with van der Waals surface area (Å²) in [7, 11) is 3.89. The van der Waals surface area contributed by atoms with Gasteiger partial charge in [-0.3, -0.25) is 9.59 Å². The molecule has 0 bridgehead atoms. The zero-order valence-corrected chi connectivity index (χ0v) is 11.6. The standard InChI is InChI=1S/C14H19N3O2/c1-10-4-5-12-11(8-10)14(19)17(7-6-16(2)3)9-13(18)15-12/h4-5,8H,6-7,9H2,1-3H3,(H,15,18). The largest absolute Gasteiger partial charge is 0.328 e. The predicted octanol–water partition coefficient (Wildman–Crippen LogP) is 0.951. The van der Waals surface area contributed by atoms with Crippen molar-refractivity contribution in [1.29, 1.82) is 0 Å². The van der Waals surface area contributed by atoms with Crippen LogP contribution in [0.15, 0.2) is 18.2 Å². The second-order valence-electron chi connectivity index (χ2n) is 5.13. The van der Waals surface area contributed by atoms with Gasteiger partial charge in [-0.05, 0) is 33.2 Å². The molecule has 1 N–H and O–H groups in total. The molecule has 0 atom stereocenters. The smallest absolute Gasteiger partial charge is 0.256 e. The lowest BCUT2D eigenvalue weighted by atomic mass is 10.1. The number of carbonyl (C=O) groups is 2. The summed E-state index contributed by atoms with van der Waals surface area (Å²) in [5.74, 6) is -0.228. The van der Waals surface area contributed by atoms with Crippen LogP contribution in [0.4, 0.5) is 5.69 Å². The van der Waals surface area contributed by atoms with Gasteiger partial charge in [0, 0.05) is 13.1 Å². The molecule has 1 aromatic rings. The zero-order chi connectivity index (χ0) is 14.0. The van der Waals surface area contributed by atoms with E-state index in [4.69, 9.17) is 0 Å². The monoisotopic (exact) mass is 261 g/mol. The molecule has 0 aromatic heterocycles. The third-order valence-electron chi connectivity index (χ3n) is 3.12. The summed E-state index contributed by atoms with van der Waals surface area (Å²) in [5, 5.41) is 2.78. The van der Waals surface area contributed by atoms with Crippen molar-refractivity contribution in [3.63, 3.8) is 0 Å². The van der Waals surface area contributed by atoms with Crippen molar-refractivity contribution in [2.45, 2.75) is 6.92 Å². The lowest BCUT2D eigenvalue weighted by Gasteiger charge is -2.21. The average Bonchev–Trinajstić information content (AvgIpc) is 2.45. The quantitative estimate of drug-likeness (QED) is 0.881. The van der Waals surface area contributed by atoms with Crippen molar-refractivity contribution in [3.8, 4) is 0 Å². The normalized spacial score (nSPS) is 15.3. The lowest BCUT2D eigenvalue weighted by molar-refractivity contribution is -0.116. The topological polar surface area (TPSA) is 52.7 Å². The summed E-state index contributed by atoms with van der Waals surface area (Å²) in [4.78, 5) is 27.9. The Bertz CT molecular complexity index is 511. The van der Waals surface area contributed by atoms with E-state index in [1.807, 2.05) is 38.1 Å². The Kier molecular flexibility index (Phi) is 3.85. The van der Waals surface area contributed by atoms with Gasteiger partial charge >= 0.3 is 0 Å². The summed E-state index contributed by atoms with van der Waals surface area (Å²) in [6.45, 7) is 3.33. The first-order valence-electron chi connectivity index (χ1n) is 6.32. The molecule has 19 heavy (non-hydrogen) atoms. The van der Waals surface area contributed by atoms with Crippen LogP contribution in [0, 0.1) is 6.92 Å². The van der Waals surface area contributed by atoms with E-state index in [0.717, 1.165) is 12.1 Å². The van der Waals surface area contributed by atoms with Crippen LogP contribution in [0.3, 0.4) is 0 Å². The molecular formula is C14H19N3O2. The molecule has 2 amide bonds. The van der Waals surface area contributed by atoms with Crippen LogP contribution in [0.25, 0.3) is 0 Å². The summed E-state index contributed by atoms with van der Waals surface area (Å²) in [6, 6.07) is 5.50. The fourth-order valence-electron chi connectivity index (χ4n) is 2.05. The van der Waals surface area contributed by atoms with Crippen LogP contribution < -0.4 is 5.32 Å². The Hall–Kier alpha value is -1.88. The number of benzene rings is 1. The number of fused-ring (bicyclic) bond motifs is 1. The molecule has 0 saturated carbocycles. The number of amides is 2. The van der Waals surface area contributed by atoms with E-state index < -0.39 is 0 Å². The summed E-state index contributed by atoms with van der Waals surface area (Å²) >= 11 is 0. The highest BCUT2D eigenvalue weighted by Gasteiger charge is 2.25. The Morgan fingerprint density at radius 2 is 2.05 bits per heavy atom. The van der Waals surface area contributed by atoms with E-state index in [1.54, 1.807) is 11.0 Å². The summed E-state index contributed by atoms with van der Waals surface area (Å²) in [6.07, 6.45) is 0. The molecule has 0 saturated heterocycles. The first-order valence-corrected chi connectivity index (χ1v) is 6.32. The Morgan fingerprint density at radius 1 is 1.32 bits per heavy atom. The maximum absolute atomic E-state index is 12.5. The highest BCUT2D eigenvalue weighted by molar-refractivity contribution is 6.08. The molecule has 1 aromatic carbocycles. The van der Waals surface area contributed by atoms with E-state index in [1.165, 1.54) is 0 Å². The Morgan fingerprint density at radius 3 is 2.74 bits per heavy atom. The number of likely N-dealkylation sites (N-methyl/N-ethyl adjacent to an activating group) is 1. The predicted molar refractivity (Wildman–Crippen MR) is 74.3 cm³/mol. The van der Waals surface area contributed by atoms with Crippen LogP contribution in [0.2, 0.25) is 0 Å². The fraction of sp³-hybridized carbons (Fsp3) is 0.429. The van der Waals surface area contributed by atoms with Crippen molar-refractivity contribution < 1.29 is 9.59 Å². The van der Waals surface area contributed by atoms with Crippen molar-refractivity contribution in [2.75, 3.05) is 39.0 Å². The first kappa shape index (κ1) is 13.5. The van der Waals surface area contributed by atoms with Gasteiger partial charge in [0.2, 0.25) is 5.91 Å². The molecular weight excluding hydrogens is 242 g/mol. The Labute approximate surface area is 113 Å². The highest BCUT2D eigenvalue weighted by atomic mass is 16.2. The minimum atomic E-state index is -0.144. The second kappa shape index (κ2) is 5.40. The van der Waals surface area contributed by atoms with Gasteiger partial charge < -0.3 is 15.1 Å².